The SMILES string of the molecule is CCOC(=O)Nc1ccc2c(COC(=O)C3Oc4ccccc4OC3C)cc(=O)oc2c1. The smallest absolute Gasteiger partial charge is 0.411 e. The Labute approximate surface area is 182 Å². The van der Waals surface area contributed by atoms with E-state index >= 15 is 0 Å². The zero-order valence-electron chi connectivity index (χ0n) is 17.5. The largest absolute Gasteiger partial charge is 0.482 e. The highest BCUT2D eigenvalue weighted by Crippen LogP contribution is 2.34. The van der Waals surface area contributed by atoms with Gasteiger partial charge in [-0.05, 0) is 38.1 Å². The number of rotatable bonds is 5. The van der Waals surface area contributed by atoms with Gasteiger partial charge in [-0.2, -0.15) is 0 Å². The Hall–Kier alpha value is -4.01. The van der Waals surface area contributed by atoms with E-state index in [0.29, 0.717) is 28.1 Å². The van der Waals surface area contributed by atoms with E-state index in [2.05, 4.69) is 5.32 Å². The second-order valence-corrected chi connectivity index (χ2v) is 7.06. The Bertz CT molecular complexity index is 1220. The molecule has 3 aromatic rings. The molecule has 2 atom stereocenters. The van der Waals surface area contributed by atoms with E-state index < -0.39 is 29.9 Å². The van der Waals surface area contributed by atoms with Gasteiger partial charge in [0.2, 0.25) is 6.10 Å². The molecule has 1 amide bonds. The van der Waals surface area contributed by atoms with Gasteiger partial charge in [-0.3, -0.25) is 5.32 Å². The number of benzene rings is 2. The van der Waals surface area contributed by atoms with Crippen LogP contribution in [0, 0.1) is 0 Å². The Morgan fingerprint density at radius 1 is 1.03 bits per heavy atom. The molecule has 1 N–H and O–H groups in total. The quantitative estimate of drug-likeness (QED) is 0.474. The van der Waals surface area contributed by atoms with Gasteiger partial charge >= 0.3 is 17.7 Å². The molecule has 0 fully saturated rings. The first-order valence-electron chi connectivity index (χ1n) is 10.0. The molecule has 1 aliphatic heterocycles. The van der Waals surface area contributed by atoms with Crippen LogP contribution in [0.15, 0.2) is 57.7 Å². The molecule has 1 aliphatic rings. The molecule has 9 nitrogen and oxygen atoms in total. The highest BCUT2D eigenvalue weighted by Gasteiger charge is 2.35. The minimum atomic E-state index is -0.948. The number of carbonyl (C=O) groups is 2. The molecule has 9 heteroatoms. The summed E-state index contributed by atoms with van der Waals surface area (Å²) in [7, 11) is 0. The third-order valence-electron chi connectivity index (χ3n) is 4.80. The van der Waals surface area contributed by atoms with E-state index in [1.54, 1.807) is 44.2 Å². The first-order chi connectivity index (χ1) is 15.4. The summed E-state index contributed by atoms with van der Waals surface area (Å²) in [6.07, 6.45) is -2.12. The van der Waals surface area contributed by atoms with Crippen LogP contribution in [-0.2, 0) is 20.9 Å². The Balaban J connectivity index is 1.50. The van der Waals surface area contributed by atoms with Crippen molar-refractivity contribution in [1.82, 2.24) is 0 Å². The second-order valence-electron chi connectivity index (χ2n) is 7.06. The van der Waals surface area contributed by atoms with Crippen LogP contribution in [0.25, 0.3) is 11.0 Å². The van der Waals surface area contributed by atoms with E-state index in [-0.39, 0.29) is 18.8 Å². The summed E-state index contributed by atoms with van der Waals surface area (Å²) in [5.74, 6) is 0.400. The standard InChI is InChI=1S/C23H21NO8/c1-3-28-23(27)24-15-8-9-16-14(10-20(25)31-19(16)11-15)12-29-22(26)21-13(2)30-17-6-4-5-7-18(17)32-21/h4-11,13,21H,3,12H2,1-2H3,(H,24,27). The lowest BCUT2D eigenvalue weighted by Gasteiger charge is -2.30. The van der Waals surface area contributed by atoms with E-state index in [1.807, 2.05) is 6.07 Å². The highest BCUT2D eigenvalue weighted by atomic mass is 16.6. The van der Waals surface area contributed by atoms with Crippen LogP contribution >= 0.6 is 0 Å². The molecule has 0 aliphatic carbocycles. The van der Waals surface area contributed by atoms with Crippen molar-refractivity contribution in [3.05, 3.63) is 64.5 Å². The molecule has 166 valence electrons. The summed E-state index contributed by atoms with van der Waals surface area (Å²) in [4.78, 5) is 36.3. The fourth-order valence-corrected chi connectivity index (χ4v) is 3.32. The lowest BCUT2D eigenvalue weighted by Crippen LogP contribution is -2.44. The third-order valence-corrected chi connectivity index (χ3v) is 4.80. The van der Waals surface area contributed by atoms with E-state index in [9.17, 15) is 14.4 Å². The fourth-order valence-electron chi connectivity index (χ4n) is 3.32. The number of carbonyl (C=O) groups excluding carboxylic acids is 2. The van der Waals surface area contributed by atoms with Gasteiger partial charge in [0.15, 0.2) is 11.5 Å². The molecule has 1 aromatic heterocycles. The van der Waals surface area contributed by atoms with Gasteiger partial charge in [0.1, 0.15) is 18.3 Å². The highest BCUT2D eigenvalue weighted by molar-refractivity contribution is 5.90. The van der Waals surface area contributed by atoms with Crippen molar-refractivity contribution in [2.24, 2.45) is 0 Å². The van der Waals surface area contributed by atoms with Crippen LogP contribution in [0.5, 0.6) is 11.5 Å². The molecule has 2 aromatic carbocycles. The van der Waals surface area contributed by atoms with Crippen LogP contribution < -0.4 is 20.4 Å². The summed E-state index contributed by atoms with van der Waals surface area (Å²) < 4.78 is 27.0. The molecular weight excluding hydrogens is 418 g/mol. The maximum absolute atomic E-state index is 12.7. The number of fused-ring (bicyclic) bond motifs is 2. The van der Waals surface area contributed by atoms with E-state index in [4.69, 9.17) is 23.4 Å². The van der Waals surface area contributed by atoms with Crippen LogP contribution in [0.3, 0.4) is 0 Å². The third kappa shape index (κ3) is 4.51. The first-order valence-corrected chi connectivity index (χ1v) is 10.0. The summed E-state index contributed by atoms with van der Waals surface area (Å²) >= 11 is 0. The van der Waals surface area contributed by atoms with E-state index in [0.717, 1.165) is 0 Å². The molecule has 4 rings (SSSR count). The van der Waals surface area contributed by atoms with Crippen molar-refractivity contribution in [2.75, 3.05) is 11.9 Å². The van der Waals surface area contributed by atoms with Gasteiger partial charge < -0.3 is 23.4 Å². The molecule has 0 spiro atoms. The molecular formula is C23H21NO8. The Morgan fingerprint density at radius 3 is 2.53 bits per heavy atom. The minimum absolute atomic E-state index is 0.167. The van der Waals surface area contributed by atoms with Crippen molar-refractivity contribution in [1.29, 1.82) is 0 Å². The van der Waals surface area contributed by atoms with Crippen molar-refractivity contribution in [3.63, 3.8) is 0 Å². The summed E-state index contributed by atoms with van der Waals surface area (Å²) in [5.41, 5.74) is 0.472. The number of para-hydroxylation sites is 2. The zero-order valence-corrected chi connectivity index (χ0v) is 17.5. The van der Waals surface area contributed by atoms with Crippen LogP contribution in [0.2, 0.25) is 0 Å². The van der Waals surface area contributed by atoms with Gasteiger partial charge in [0.05, 0.1) is 6.61 Å². The van der Waals surface area contributed by atoms with Gasteiger partial charge in [0, 0.05) is 28.8 Å². The van der Waals surface area contributed by atoms with Crippen LogP contribution in [0.1, 0.15) is 19.4 Å². The van der Waals surface area contributed by atoms with Crippen molar-refractivity contribution in [3.8, 4) is 11.5 Å². The number of esters is 1. The normalized spacial score (nSPS) is 16.9. The number of nitrogens with one attached hydrogen (secondary N) is 1. The number of hydrogen-bond donors (Lipinski definition) is 1. The number of ether oxygens (including phenoxy) is 4. The van der Waals surface area contributed by atoms with Crippen LogP contribution in [-0.4, -0.2) is 30.9 Å². The average molecular weight is 439 g/mol. The van der Waals surface area contributed by atoms with Crippen molar-refractivity contribution in [2.45, 2.75) is 32.7 Å². The zero-order chi connectivity index (χ0) is 22.7. The van der Waals surface area contributed by atoms with E-state index in [1.165, 1.54) is 12.1 Å². The van der Waals surface area contributed by atoms with Gasteiger partial charge in [-0.1, -0.05) is 12.1 Å². The molecule has 32 heavy (non-hydrogen) atoms. The summed E-state index contributed by atoms with van der Waals surface area (Å²) in [6.45, 7) is 3.47. The Kier molecular flexibility index (Phi) is 5.98. The second kappa shape index (κ2) is 9.01. The molecule has 0 saturated carbocycles. The fraction of sp³-hybridized carbons (Fsp3) is 0.261. The maximum atomic E-state index is 12.7. The Morgan fingerprint density at radius 2 is 1.78 bits per heavy atom. The van der Waals surface area contributed by atoms with Gasteiger partial charge in [-0.25, -0.2) is 14.4 Å². The number of amides is 1. The maximum Gasteiger partial charge on any atom is 0.411 e. The van der Waals surface area contributed by atoms with Crippen molar-refractivity contribution < 1.29 is 33.0 Å². The molecule has 0 saturated heterocycles. The van der Waals surface area contributed by atoms with Crippen molar-refractivity contribution >= 4 is 28.7 Å². The molecule has 0 radical (unpaired) electrons. The molecule has 0 bridgehead atoms. The first kappa shape index (κ1) is 21.2. The lowest BCUT2D eigenvalue weighted by atomic mass is 10.1. The minimum Gasteiger partial charge on any atom is -0.482 e. The number of anilines is 1. The van der Waals surface area contributed by atoms with Gasteiger partial charge in [-0.15, -0.1) is 0 Å². The predicted molar refractivity (Wildman–Crippen MR) is 114 cm³/mol. The lowest BCUT2D eigenvalue weighted by molar-refractivity contribution is -0.159. The molecule has 2 heterocycles. The monoisotopic (exact) mass is 439 g/mol. The predicted octanol–water partition coefficient (Wildman–Crippen LogP) is 3.63. The van der Waals surface area contributed by atoms with Crippen LogP contribution in [0.4, 0.5) is 10.5 Å². The van der Waals surface area contributed by atoms with Gasteiger partial charge in [0.25, 0.3) is 0 Å². The average Bonchev–Trinajstić information content (AvgIpc) is 2.76. The molecule has 2 unspecified atom stereocenters. The summed E-state index contributed by atoms with van der Waals surface area (Å²) in [6, 6.07) is 13.1. The topological polar surface area (TPSA) is 113 Å². The number of hydrogen-bond acceptors (Lipinski definition) is 8. The summed E-state index contributed by atoms with van der Waals surface area (Å²) in [5, 5.41) is 3.10.